The van der Waals surface area contributed by atoms with Gasteiger partial charge in [0.2, 0.25) is 10.0 Å². The van der Waals surface area contributed by atoms with Gasteiger partial charge in [-0.2, -0.15) is 0 Å². The zero-order valence-corrected chi connectivity index (χ0v) is 12.9. The molecule has 22 heavy (non-hydrogen) atoms. The molecule has 0 saturated carbocycles. The highest BCUT2D eigenvalue weighted by atomic mass is 32.2. The lowest BCUT2D eigenvalue weighted by molar-refractivity contribution is -0.385. The average Bonchev–Trinajstić information content (AvgIpc) is 2.43. The normalized spacial score (nSPS) is 12.8. The lowest BCUT2D eigenvalue weighted by Gasteiger charge is -2.14. The summed E-state index contributed by atoms with van der Waals surface area (Å²) in [4.78, 5) is 21.3. The third kappa shape index (κ3) is 5.41. The first-order valence-corrected chi connectivity index (χ1v) is 8.37. The predicted octanol–water partition coefficient (Wildman–Crippen LogP) is 1.66. The zero-order chi connectivity index (χ0) is 16.8. The Hall–Kier alpha value is -2.00. The average molecular weight is 330 g/mol. The van der Waals surface area contributed by atoms with Crippen LogP contribution >= 0.6 is 0 Å². The number of benzene rings is 1. The highest BCUT2D eigenvalue weighted by Crippen LogP contribution is 2.20. The summed E-state index contributed by atoms with van der Waals surface area (Å²) in [5.74, 6) is -1.90. The van der Waals surface area contributed by atoms with Crippen molar-refractivity contribution in [2.24, 2.45) is 0 Å². The number of sulfonamides is 1. The Morgan fingerprint density at radius 2 is 2.05 bits per heavy atom. The third-order valence-corrected chi connectivity index (χ3v) is 4.33. The van der Waals surface area contributed by atoms with Crippen molar-refractivity contribution in [3.05, 3.63) is 39.9 Å². The molecule has 8 nitrogen and oxygen atoms in total. The van der Waals surface area contributed by atoms with E-state index in [2.05, 4.69) is 4.72 Å². The molecule has 2 N–H and O–H groups in total. The Labute approximate surface area is 128 Å². The number of nitro groups is 1. The number of nitro benzene ring substituents is 1. The van der Waals surface area contributed by atoms with Crippen LogP contribution < -0.4 is 4.72 Å². The molecular formula is C13H18N2O6S. The minimum Gasteiger partial charge on any atom is -0.480 e. The number of hydrogen-bond acceptors (Lipinski definition) is 5. The zero-order valence-electron chi connectivity index (χ0n) is 12.1. The molecule has 122 valence electrons. The quantitative estimate of drug-likeness (QED) is 0.523. The van der Waals surface area contributed by atoms with E-state index >= 15 is 0 Å². The SMILES string of the molecule is CCCCC(NS(=O)(=O)Cc1ccccc1[N+](=O)[O-])C(=O)O. The highest BCUT2D eigenvalue weighted by Gasteiger charge is 2.26. The second kappa shape index (κ2) is 7.85. The number of carboxylic acids is 1. The van der Waals surface area contributed by atoms with Crippen molar-refractivity contribution in [1.82, 2.24) is 4.72 Å². The van der Waals surface area contributed by atoms with Crippen molar-refractivity contribution in [2.75, 3.05) is 0 Å². The maximum atomic E-state index is 12.1. The van der Waals surface area contributed by atoms with Crippen LogP contribution in [0.4, 0.5) is 5.69 Å². The third-order valence-electron chi connectivity index (χ3n) is 3.00. The van der Waals surface area contributed by atoms with Crippen LogP contribution in [-0.2, 0) is 20.6 Å². The van der Waals surface area contributed by atoms with Crippen molar-refractivity contribution in [2.45, 2.75) is 38.0 Å². The van der Waals surface area contributed by atoms with Gasteiger partial charge in [0.15, 0.2) is 0 Å². The van der Waals surface area contributed by atoms with Gasteiger partial charge in [-0.05, 0) is 6.42 Å². The standard InChI is InChI=1S/C13H18N2O6S/c1-2-3-7-11(13(16)17)14-22(20,21)9-10-6-4-5-8-12(10)15(18)19/h4-6,8,11,14H,2-3,7,9H2,1H3,(H,16,17). The van der Waals surface area contributed by atoms with Crippen molar-refractivity contribution in [3.8, 4) is 0 Å². The Balaban J connectivity index is 2.91. The number of carbonyl (C=O) groups is 1. The van der Waals surface area contributed by atoms with E-state index in [4.69, 9.17) is 5.11 Å². The molecule has 0 aliphatic carbocycles. The molecule has 0 saturated heterocycles. The molecule has 0 spiro atoms. The molecule has 1 aromatic rings. The van der Waals surface area contributed by atoms with E-state index in [1.54, 1.807) is 0 Å². The smallest absolute Gasteiger partial charge is 0.321 e. The summed E-state index contributed by atoms with van der Waals surface area (Å²) in [6.07, 6.45) is 1.46. The molecule has 0 fully saturated rings. The monoisotopic (exact) mass is 330 g/mol. The Morgan fingerprint density at radius 1 is 1.41 bits per heavy atom. The van der Waals surface area contributed by atoms with Crippen LogP contribution in [0.3, 0.4) is 0 Å². The fourth-order valence-electron chi connectivity index (χ4n) is 1.92. The van der Waals surface area contributed by atoms with E-state index in [1.165, 1.54) is 24.3 Å². The maximum Gasteiger partial charge on any atom is 0.321 e. The number of nitrogens with zero attached hydrogens (tertiary/aromatic N) is 1. The van der Waals surface area contributed by atoms with Crippen LogP contribution in [0.2, 0.25) is 0 Å². The summed E-state index contributed by atoms with van der Waals surface area (Å²) in [5.41, 5.74) is -0.298. The molecule has 0 aliphatic heterocycles. The lowest BCUT2D eigenvalue weighted by Crippen LogP contribution is -2.41. The number of para-hydroxylation sites is 1. The molecule has 1 unspecified atom stereocenters. The van der Waals surface area contributed by atoms with Gasteiger partial charge in [0.05, 0.1) is 10.7 Å². The number of unbranched alkanes of at least 4 members (excludes halogenated alkanes) is 1. The fraction of sp³-hybridized carbons (Fsp3) is 0.462. The number of nitrogens with one attached hydrogen (secondary N) is 1. The van der Waals surface area contributed by atoms with E-state index in [9.17, 15) is 23.3 Å². The summed E-state index contributed by atoms with van der Waals surface area (Å²) in [6, 6.07) is 4.23. The molecule has 1 rings (SSSR count). The first-order chi connectivity index (χ1) is 10.3. The van der Waals surface area contributed by atoms with Crippen molar-refractivity contribution < 1.29 is 23.2 Å². The molecule has 0 amide bonds. The van der Waals surface area contributed by atoms with E-state index in [0.717, 1.165) is 6.42 Å². The van der Waals surface area contributed by atoms with Gasteiger partial charge < -0.3 is 5.11 Å². The molecule has 0 radical (unpaired) electrons. The Morgan fingerprint density at radius 3 is 2.59 bits per heavy atom. The van der Waals surface area contributed by atoms with E-state index in [-0.39, 0.29) is 17.7 Å². The Kier molecular flexibility index (Phi) is 6.44. The van der Waals surface area contributed by atoms with Gasteiger partial charge in [-0.25, -0.2) is 13.1 Å². The number of aliphatic carboxylic acids is 1. The van der Waals surface area contributed by atoms with Gasteiger partial charge >= 0.3 is 5.97 Å². The molecular weight excluding hydrogens is 312 g/mol. The van der Waals surface area contributed by atoms with Gasteiger partial charge in [0, 0.05) is 11.6 Å². The summed E-state index contributed by atoms with van der Waals surface area (Å²) in [7, 11) is -4.00. The van der Waals surface area contributed by atoms with Crippen LogP contribution in [0.15, 0.2) is 24.3 Å². The van der Waals surface area contributed by atoms with Crippen LogP contribution in [0.5, 0.6) is 0 Å². The van der Waals surface area contributed by atoms with Crippen LogP contribution in [-0.4, -0.2) is 30.5 Å². The first-order valence-electron chi connectivity index (χ1n) is 6.72. The van der Waals surface area contributed by atoms with Crippen molar-refractivity contribution in [3.63, 3.8) is 0 Å². The molecule has 9 heteroatoms. The number of hydrogen-bond donors (Lipinski definition) is 2. The molecule has 0 bridgehead atoms. The summed E-state index contributed by atoms with van der Waals surface area (Å²) in [5, 5.41) is 19.9. The van der Waals surface area contributed by atoms with Gasteiger partial charge in [-0.3, -0.25) is 14.9 Å². The lowest BCUT2D eigenvalue weighted by atomic mass is 10.1. The van der Waals surface area contributed by atoms with Gasteiger partial charge in [-0.15, -0.1) is 0 Å². The van der Waals surface area contributed by atoms with Crippen LogP contribution in [0.1, 0.15) is 31.7 Å². The number of carboxylic acid groups (broad SMARTS) is 1. The van der Waals surface area contributed by atoms with E-state index in [0.29, 0.717) is 6.42 Å². The van der Waals surface area contributed by atoms with E-state index in [1.807, 2.05) is 6.92 Å². The molecule has 0 aliphatic rings. The molecule has 0 heterocycles. The fourth-order valence-corrected chi connectivity index (χ4v) is 3.30. The topological polar surface area (TPSA) is 127 Å². The first kappa shape index (κ1) is 18.1. The van der Waals surface area contributed by atoms with Gasteiger partial charge in [0.1, 0.15) is 6.04 Å². The summed E-state index contributed by atoms with van der Waals surface area (Å²) in [6.45, 7) is 1.86. The second-order valence-corrected chi connectivity index (χ2v) is 6.55. The summed E-state index contributed by atoms with van der Waals surface area (Å²) < 4.78 is 26.2. The van der Waals surface area contributed by atoms with Crippen LogP contribution in [0, 0.1) is 10.1 Å². The summed E-state index contributed by atoms with van der Waals surface area (Å²) >= 11 is 0. The maximum absolute atomic E-state index is 12.1. The highest BCUT2D eigenvalue weighted by molar-refractivity contribution is 7.88. The largest absolute Gasteiger partial charge is 0.480 e. The predicted molar refractivity (Wildman–Crippen MR) is 79.8 cm³/mol. The number of rotatable bonds is 9. The minimum atomic E-state index is -4.00. The second-order valence-electron chi connectivity index (χ2n) is 4.80. The molecule has 0 aromatic heterocycles. The van der Waals surface area contributed by atoms with Crippen molar-refractivity contribution >= 4 is 21.7 Å². The molecule has 1 atom stereocenters. The Bertz CT molecular complexity index is 644. The van der Waals surface area contributed by atoms with Crippen molar-refractivity contribution in [1.29, 1.82) is 0 Å². The molecule has 1 aromatic carbocycles. The van der Waals surface area contributed by atoms with Gasteiger partial charge in [0.25, 0.3) is 5.69 Å². The van der Waals surface area contributed by atoms with Crippen LogP contribution in [0.25, 0.3) is 0 Å². The van der Waals surface area contributed by atoms with Gasteiger partial charge in [-0.1, -0.05) is 38.0 Å². The minimum absolute atomic E-state index is 0.0135. The van der Waals surface area contributed by atoms with E-state index < -0.39 is 32.7 Å².